The van der Waals surface area contributed by atoms with Gasteiger partial charge in [0.2, 0.25) is 0 Å². The molecule has 1 aromatic carbocycles. The third-order valence-electron chi connectivity index (χ3n) is 3.01. The summed E-state index contributed by atoms with van der Waals surface area (Å²) in [4.78, 5) is 27.3. The van der Waals surface area contributed by atoms with E-state index in [1.165, 1.54) is 11.3 Å². The van der Waals surface area contributed by atoms with Crippen molar-refractivity contribution in [3.63, 3.8) is 0 Å². The second-order valence-electron chi connectivity index (χ2n) is 5.51. The molecular formula is C17H19NO3S. The highest BCUT2D eigenvalue weighted by atomic mass is 32.1. The van der Waals surface area contributed by atoms with Crippen LogP contribution in [0.5, 0.6) is 5.75 Å². The Morgan fingerprint density at radius 2 is 2.18 bits per heavy atom. The minimum Gasteiger partial charge on any atom is -0.493 e. The van der Waals surface area contributed by atoms with Crippen LogP contribution in [0.15, 0.2) is 29.8 Å². The second kappa shape index (κ2) is 7.84. The van der Waals surface area contributed by atoms with Crippen molar-refractivity contribution in [1.29, 1.82) is 0 Å². The molecule has 5 heteroatoms. The van der Waals surface area contributed by atoms with Crippen molar-refractivity contribution in [3.8, 4) is 5.75 Å². The zero-order chi connectivity index (χ0) is 15.9. The number of ether oxygens (including phenoxy) is 1. The molecule has 2 aromatic rings. The Labute approximate surface area is 134 Å². The fourth-order valence-electron chi connectivity index (χ4n) is 1.99. The zero-order valence-electron chi connectivity index (χ0n) is 12.7. The van der Waals surface area contributed by atoms with Crippen molar-refractivity contribution >= 4 is 23.4 Å². The van der Waals surface area contributed by atoms with Crippen LogP contribution in [0, 0.1) is 5.92 Å². The molecule has 1 aromatic heterocycles. The number of nitrogens with zero attached hydrogens (tertiary/aromatic N) is 1. The van der Waals surface area contributed by atoms with Crippen LogP contribution in [-0.4, -0.2) is 23.7 Å². The van der Waals surface area contributed by atoms with Crippen molar-refractivity contribution in [2.75, 3.05) is 6.61 Å². The Kier molecular flexibility index (Phi) is 5.83. The highest BCUT2D eigenvalue weighted by Crippen LogP contribution is 2.22. The zero-order valence-corrected chi connectivity index (χ0v) is 13.6. The molecule has 0 aliphatic rings. The molecule has 1 heterocycles. The number of rotatable bonds is 8. The lowest BCUT2D eigenvalue weighted by atomic mass is 10.0. The Bertz CT molecular complexity index is 635. The highest BCUT2D eigenvalue weighted by molar-refractivity contribution is 7.09. The first-order chi connectivity index (χ1) is 10.6. The third-order valence-corrected chi connectivity index (χ3v) is 3.79. The summed E-state index contributed by atoms with van der Waals surface area (Å²) in [5, 5.41) is 2.66. The number of ketones is 1. The molecule has 2 rings (SSSR count). The minimum atomic E-state index is 0.0624. The molecular weight excluding hydrogens is 298 g/mol. The molecule has 0 saturated carbocycles. The smallest absolute Gasteiger partial charge is 0.150 e. The lowest BCUT2D eigenvalue weighted by Gasteiger charge is -2.13. The molecule has 116 valence electrons. The van der Waals surface area contributed by atoms with Gasteiger partial charge in [0.1, 0.15) is 17.8 Å². The molecule has 0 unspecified atom stereocenters. The Hall–Kier alpha value is -2.01. The fraction of sp³-hybridized carbons (Fsp3) is 0.353. The summed E-state index contributed by atoms with van der Waals surface area (Å²) in [6, 6.07) is 5.19. The lowest BCUT2D eigenvalue weighted by Crippen LogP contribution is -2.10. The van der Waals surface area contributed by atoms with Crippen molar-refractivity contribution < 1.29 is 14.3 Å². The topological polar surface area (TPSA) is 56.3 Å². The van der Waals surface area contributed by atoms with Gasteiger partial charge in [0.25, 0.3) is 0 Å². The van der Waals surface area contributed by atoms with Crippen LogP contribution in [0.3, 0.4) is 0 Å². The first-order valence-electron chi connectivity index (χ1n) is 7.19. The van der Waals surface area contributed by atoms with Crippen LogP contribution in [0.2, 0.25) is 0 Å². The summed E-state index contributed by atoms with van der Waals surface area (Å²) in [5.74, 6) is 1.13. The lowest BCUT2D eigenvalue weighted by molar-refractivity contribution is -0.117. The predicted molar refractivity (Wildman–Crippen MR) is 86.7 cm³/mol. The molecule has 0 atom stereocenters. The van der Waals surface area contributed by atoms with E-state index in [0.717, 1.165) is 16.9 Å². The van der Waals surface area contributed by atoms with Crippen molar-refractivity contribution in [2.45, 2.75) is 26.7 Å². The first-order valence-corrected chi connectivity index (χ1v) is 8.07. The first kappa shape index (κ1) is 16.4. The van der Waals surface area contributed by atoms with Crippen molar-refractivity contribution in [1.82, 2.24) is 4.98 Å². The van der Waals surface area contributed by atoms with Crippen LogP contribution < -0.4 is 4.74 Å². The van der Waals surface area contributed by atoms with Gasteiger partial charge in [-0.2, -0.15) is 0 Å². The number of benzene rings is 1. The quantitative estimate of drug-likeness (QED) is 0.701. The maximum absolute atomic E-state index is 12.2. The van der Waals surface area contributed by atoms with Gasteiger partial charge in [-0.25, -0.2) is 4.98 Å². The molecule has 0 bridgehead atoms. The number of aldehydes is 1. The highest BCUT2D eigenvalue weighted by Gasteiger charge is 2.12. The summed E-state index contributed by atoms with van der Waals surface area (Å²) in [5.41, 5.74) is 1.31. The SMILES string of the molecule is CC(C)COc1ccc(C=O)cc1CC(=O)Cc1nccs1. The number of hydrogen-bond donors (Lipinski definition) is 0. The number of hydrogen-bond acceptors (Lipinski definition) is 5. The van der Waals surface area contributed by atoms with Crippen LogP contribution in [0.4, 0.5) is 0 Å². The second-order valence-corrected chi connectivity index (χ2v) is 6.49. The molecule has 0 aliphatic heterocycles. The van der Waals surface area contributed by atoms with Crippen LogP contribution in [0.1, 0.15) is 34.8 Å². The summed E-state index contributed by atoms with van der Waals surface area (Å²) < 4.78 is 5.75. The fourth-order valence-corrected chi connectivity index (χ4v) is 2.64. The van der Waals surface area contributed by atoms with Gasteiger partial charge in [-0.3, -0.25) is 9.59 Å². The number of thiazole rings is 1. The Balaban J connectivity index is 2.12. The molecule has 0 N–H and O–H groups in total. The van der Waals surface area contributed by atoms with Gasteiger partial charge in [-0.15, -0.1) is 11.3 Å². The van der Waals surface area contributed by atoms with Crippen molar-refractivity contribution in [2.24, 2.45) is 5.92 Å². The maximum atomic E-state index is 12.2. The van der Waals surface area contributed by atoms with Crippen molar-refractivity contribution in [3.05, 3.63) is 45.9 Å². The standard InChI is InChI=1S/C17H19NO3S/c1-12(2)11-21-16-4-3-13(10-19)7-14(16)8-15(20)9-17-18-5-6-22-17/h3-7,10,12H,8-9,11H2,1-2H3. The largest absolute Gasteiger partial charge is 0.493 e. The van der Waals surface area contributed by atoms with Crippen LogP contribution >= 0.6 is 11.3 Å². The summed E-state index contributed by atoms with van der Waals surface area (Å²) in [6.07, 6.45) is 3.03. The summed E-state index contributed by atoms with van der Waals surface area (Å²) in [7, 11) is 0. The number of carbonyl (C=O) groups excluding carboxylic acids is 2. The molecule has 0 aliphatic carbocycles. The van der Waals surface area contributed by atoms with E-state index in [4.69, 9.17) is 4.74 Å². The van der Waals surface area contributed by atoms with E-state index < -0.39 is 0 Å². The van der Waals surface area contributed by atoms with E-state index in [1.807, 2.05) is 5.38 Å². The average molecular weight is 317 g/mol. The van der Waals surface area contributed by atoms with Gasteiger partial charge in [-0.05, 0) is 24.1 Å². The van der Waals surface area contributed by atoms with Gasteiger partial charge in [-0.1, -0.05) is 13.8 Å². The normalized spacial score (nSPS) is 10.7. The molecule has 4 nitrogen and oxygen atoms in total. The molecule has 0 saturated heterocycles. The minimum absolute atomic E-state index is 0.0624. The van der Waals surface area contributed by atoms with E-state index in [9.17, 15) is 9.59 Å². The number of aromatic nitrogens is 1. The monoisotopic (exact) mass is 317 g/mol. The summed E-state index contributed by atoms with van der Waals surface area (Å²) in [6.45, 7) is 4.70. The van der Waals surface area contributed by atoms with Crippen LogP contribution in [0.25, 0.3) is 0 Å². The number of Topliss-reactive ketones (excluding diaryl/α,β-unsaturated/α-hetero) is 1. The molecule has 0 radical (unpaired) electrons. The van der Waals surface area contributed by atoms with Gasteiger partial charge in [0.05, 0.1) is 18.0 Å². The van der Waals surface area contributed by atoms with E-state index in [-0.39, 0.29) is 12.2 Å². The third kappa shape index (κ3) is 4.77. The van der Waals surface area contributed by atoms with Gasteiger partial charge >= 0.3 is 0 Å². The molecule has 0 fully saturated rings. The number of carbonyl (C=O) groups is 2. The Morgan fingerprint density at radius 1 is 1.36 bits per heavy atom. The van der Waals surface area contributed by atoms with Gasteiger partial charge < -0.3 is 4.74 Å². The Morgan fingerprint density at radius 3 is 2.82 bits per heavy atom. The predicted octanol–water partition coefficient (Wildman–Crippen LogP) is 3.34. The van der Waals surface area contributed by atoms with E-state index >= 15 is 0 Å². The maximum Gasteiger partial charge on any atom is 0.150 e. The summed E-state index contributed by atoms with van der Waals surface area (Å²) >= 11 is 1.47. The molecule has 22 heavy (non-hydrogen) atoms. The van der Waals surface area contributed by atoms with Gasteiger partial charge in [0.15, 0.2) is 0 Å². The average Bonchev–Trinajstić information content (AvgIpc) is 2.98. The molecule has 0 amide bonds. The molecule has 0 spiro atoms. The van der Waals surface area contributed by atoms with E-state index in [2.05, 4.69) is 18.8 Å². The van der Waals surface area contributed by atoms with Crippen LogP contribution in [-0.2, 0) is 17.6 Å². The van der Waals surface area contributed by atoms with Gasteiger partial charge in [0, 0.05) is 29.1 Å². The van der Waals surface area contributed by atoms with E-state index in [1.54, 1.807) is 24.4 Å². The van der Waals surface area contributed by atoms with E-state index in [0.29, 0.717) is 30.3 Å².